The third-order valence-electron chi connectivity index (χ3n) is 3.72. The Bertz CT molecular complexity index is 597. The van der Waals surface area contributed by atoms with Crippen molar-refractivity contribution in [2.45, 2.75) is 43.5 Å². The molecule has 118 valence electrons. The minimum absolute atomic E-state index is 0.0419. The molecule has 0 amide bonds. The number of hydrogen-bond donors (Lipinski definition) is 1. The monoisotopic (exact) mass is 318 g/mol. The van der Waals surface area contributed by atoms with Gasteiger partial charge in [-0.1, -0.05) is 19.3 Å². The minimum atomic E-state index is -4.02. The van der Waals surface area contributed by atoms with Crippen LogP contribution in [0.2, 0.25) is 0 Å². The lowest BCUT2D eigenvalue weighted by Gasteiger charge is -2.24. The Hall–Kier alpha value is -1.05. The van der Waals surface area contributed by atoms with Gasteiger partial charge in [-0.25, -0.2) is 17.2 Å². The normalized spacial score (nSPS) is 18.2. The summed E-state index contributed by atoms with van der Waals surface area (Å²) in [6, 6.07) is 2.06. The van der Waals surface area contributed by atoms with Gasteiger partial charge in [0.25, 0.3) is 0 Å². The fraction of sp³-hybridized carbons (Fsp3) is 0.571. The van der Waals surface area contributed by atoms with Crippen LogP contribution in [0.25, 0.3) is 0 Å². The highest BCUT2D eigenvalue weighted by Gasteiger charge is 2.29. The topological polar surface area (TPSA) is 63.4 Å². The van der Waals surface area contributed by atoms with Crippen molar-refractivity contribution in [1.29, 1.82) is 0 Å². The van der Waals surface area contributed by atoms with E-state index in [1.54, 1.807) is 0 Å². The molecule has 1 saturated heterocycles. The molecule has 1 aromatic rings. The zero-order chi connectivity index (χ0) is 15.5. The van der Waals surface area contributed by atoms with E-state index in [1.165, 1.54) is 4.31 Å². The summed E-state index contributed by atoms with van der Waals surface area (Å²) >= 11 is 0. The number of nitrogens with zero attached hydrogens (tertiary/aromatic N) is 1. The van der Waals surface area contributed by atoms with Gasteiger partial charge in [-0.05, 0) is 30.5 Å². The van der Waals surface area contributed by atoms with E-state index >= 15 is 0 Å². The third-order valence-corrected chi connectivity index (χ3v) is 5.62. The lowest BCUT2D eigenvalue weighted by Crippen LogP contribution is -2.34. The van der Waals surface area contributed by atoms with Crippen molar-refractivity contribution in [2.24, 2.45) is 5.73 Å². The van der Waals surface area contributed by atoms with Gasteiger partial charge in [0, 0.05) is 19.6 Å². The largest absolute Gasteiger partial charge is 0.326 e. The van der Waals surface area contributed by atoms with Gasteiger partial charge in [-0.15, -0.1) is 0 Å². The van der Waals surface area contributed by atoms with E-state index in [-0.39, 0.29) is 12.1 Å². The summed E-state index contributed by atoms with van der Waals surface area (Å²) in [5.41, 5.74) is 5.67. The Labute approximate surface area is 124 Å². The molecular formula is C14H20F2N2O2S. The van der Waals surface area contributed by atoms with Gasteiger partial charge in [0.15, 0.2) is 11.6 Å². The van der Waals surface area contributed by atoms with Crippen LogP contribution in [0, 0.1) is 11.6 Å². The number of rotatable bonds is 3. The lowest BCUT2D eigenvalue weighted by molar-refractivity contribution is 0.361. The molecule has 1 aromatic carbocycles. The second-order valence-electron chi connectivity index (χ2n) is 5.27. The molecule has 0 atom stereocenters. The molecule has 0 bridgehead atoms. The van der Waals surface area contributed by atoms with E-state index in [9.17, 15) is 17.2 Å². The van der Waals surface area contributed by atoms with Crippen molar-refractivity contribution in [2.75, 3.05) is 13.1 Å². The zero-order valence-electron chi connectivity index (χ0n) is 11.8. The molecule has 2 N–H and O–H groups in total. The van der Waals surface area contributed by atoms with Gasteiger partial charge in [0.1, 0.15) is 4.90 Å². The maximum absolute atomic E-state index is 13.9. The van der Waals surface area contributed by atoms with Crippen LogP contribution in [-0.2, 0) is 16.6 Å². The molecule has 0 radical (unpaired) electrons. The standard InChI is InChI=1S/C14H20F2N2O2S/c15-12-8-11(10-17)9-13(14(12)16)21(19,20)18-6-4-2-1-3-5-7-18/h8-9H,1-7,10,17H2. The molecule has 1 heterocycles. The van der Waals surface area contributed by atoms with Crippen LogP contribution < -0.4 is 5.73 Å². The smallest absolute Gasteiger partial charge is 0.246 e. The quantitative estimate of drug-likeness (QED) is 0.930. The fourth-order valence-corrected chi connectivity index (χ4v) is 4.16. The highest BCUT2D eigenvalue weighted by Crippen LogP contribution is 2.25. The molecule has 0 unspecified atom stereocenters. The summed E-state index contributed by atoms with van der Waals surface area (Å²) in [5, 5.41) is 0. The zero-order valence-corrected chi connectivity index (χ0v) is 12.6. The van der Waals surface area contributed by atoms with Crippen molar-refractivity contribution in [3.05, 3.63) is 29.3 Å². The van der Waals surface area contributed by atoms with Gasteiger partial charge in [0.05, 0.1) is 0 Å². The summed E-state index contributed by atoms with van der Waals surface area (Å²) < 4.78 is 53.9. The Morgan fingerprint density at radius 3 is 2.19 bits per heavy atom. The van der Waals surface area contributed by atoms with Crippen LogP contribution in [0.15, 0.2) is 17.0 Å². The van der Waals surface area contributed by atoms with Crippen LogP contribution in [0.5, 0.6) is 0 Å². The predicted molar refractivity (Wildman–Crippen MR) is 76.1 cm³/mol. The van der Waals surface area contributed by atoms with E-state index in [0.717, 1.165) is 44.2 Å². The molecule has 7 heteroatoms. The molecule has 1 fully saturated rings. The van der Waals surface area contributed by atoms with Crippen molar-refractivity contribution in [1.82, 2.24) is 4.31 Å². The lowest BCUT2D eigenvalue weighted by atomic mass is 10.1. The van der Waals surface area contributed by atoms with Crippen LogP contribution in [0.1, 0.15) is 37.7 Å². The van der Waals surface area contributed by atoms with Crippen LogP contribution in [-0.4, -0.2) is 25.8 Å². The predicted octanol–water partition coefficient (Wildman–Crippen LogP) is 2.38. The van der Waals surface area contributed by atoms with Gasteiger partial charge >= 0.3 is 0 Å². The van der Waals surface area contributed by atoms with Crippen molar-refractivity contribution >= 4 is 10.0 Å². The van der Waals surface area contributed by atoms with Crippen LogP contribution in [0.4, 0.5) is 8.78 Å². The molecule has 0 spiro atoms. The molecule has 0 saturated carbocycles. The molecule has 21 heavy (non-hydrogen) atoms. The first-order valence-corrected chi connectivity index (χ1v) is 8.59. The Kier molecular flexibility index (Phi) is 5.29. The summed E-state index contributed by atoms with van der Waals surface area (Å²) in [6.07, 6.45) is 4.46. The molecule has 2 rings (SSSR count). The van der Waals surface area contributed by atoms with Gasteiger partial charge < -0.3 is 5.73 Å². The highest BCUT2D eigenvalue weighted by atomic mass is 32.2. The van der Waals surface area contributed by atoms with E-state index < -0.39 is 26.6 Å². The van der Waals surface area contributed by atoms with E-state index in [0.29, 0.717) is 13.1 Å². The SMILES string of the molecule is NCc1cc(F)c(F)c(S(=O)(=O)N2CCCCCCC2)c1. The van der Waals surface area contributed by atoms with Crippen LogP contribution in [0.3, 0.4) is 0 Å². The molecular weight excluding hydrogens is 298 g/mol. The van der Waals surface area contributed by atoms with Crippen LogP contribution >= 0.6 is 0 Å². The first kappa shape index (κ1) is 16.3. The number of halogens is 2. The maximum Gasteiger partial charge on any atom is 0.246 e. The summed E-state index contributed by atoms with van der Waals surface area (Å²) in [5.74, 6) is -2.50. The Balaban J connectivity index is 2.40. The number of sulfonamides is 1. The first-order chi connectivity index (χ1) is 9.96. The van der Waals surface area contributed by atoms with E-state index in [2.05, 4.69) is 0 Å². The minimum Gasteiger partial charge on any atom is -0.326 e. The highest BCUT2D eigenvalue weighted by molar-refractivity contribution is 7.89. The second-order valence-corrected chi connectivity index (χ2v) is 7.17. The summed E-state index contributed by atoms with van der Waals surface area (Å²) in [7, 11) is -4.02. The Morgan fingerprint density at radius 1 is 1.05 bits per heavy atom. The van der Waals surface area contributed by atoms with Gasteiger partial charge in [0.2, 0.25) is 10.0 Å². The third kappa shape index (κ3) is 3.59. The molecule has 1 aliphatic rings. The van der Waals surface area contributed by atoms with Gasteiger partial charge in [-0.2, -0.15) is 4.31 Å². The van der Waals surface area contributed by atoms with Gasteiger partial charge in [-0.3, -0.25) is 0 Å². The fourth-order valence-electron chi connectivity index (χ4n) is 2.52. The van der Waals surface area contributed by atoms with Crippen molar-refractivity contribution < 1.29 is 17.2 Å². The average molecular weight is 318 g/mol. The number of hydrogen-bond acceptors (Lipinski definition) is 3. The number of nitrogens with two attached hydrogens (primary N) is 1. The summed E-state index contributed by atoms with van der Waals surface area (Å²) in [6.45, 7) is 0.645. The number of benzene rings is 1. The van der Waals surface area contributed by atoms with E-state index in [1.807, 2.05) is 0 Å². The average Bonchev–Trinajstić information content (AvgIpc) is 2.40. The first-order valence-electron chi connectivity index (χ1n) is 7.15. The molecule has 0 aromatic heterocycles. The van der Waals surface area contributed by atoms with Crippen molar-refractivity contribution in [3.63, 3.8) is 0 Å². The molecule has 4 nitrogen and oxygen atoms in total. The van der Waals surface area contributed by atoms with Crippen molar-refractivity contribution in [3.8, 4) is 0 Å². The second kappa shape index (κ2) is 6.81. The molecule has 1 aliphatic heterocycles. The summed E-state index contributed by atoms with van der Waals surface area (Å²) in [4.78, 5) is -0.608. The Morgan fingerprint density at radius 2 is 1.62 bits per heavy atom. The maximum atomic E-state index is 13.9. The molecule has 0 aliphatic carbocycles. The van der Waals surface area contributed by atoms with E-state index in [4.69, 9.17) is 5.73 Å².